The molecular formula is C10H11NO4. The SMILES string of the molecule is CCONC(=O)c1ccc(C(=O)O)cc1. The van der Waals surface area contributed by atoms with Crippen LogP contribution in [0.1, 0.15) is 27.6 Å². The average Bonchev–Trinajstić information content (AvgIpc) is 2.26. The number of nitrogens with one attached hydrogen (secondary N) is 1. The molecule has 0 atom stereocenters. The van der Waals surface area contributed by atoms with Gasteiger partial charge in [-0.3, -0.25) is 9.63 Å². The Kier molecular flexibility index (Phi) is 3.82. The summed E-state index contributed by atoms with van der Waals surface area (Å²) in [4.78, 5) is 26.5. The van der Waals surface area contributed by atoms with E-state index in [-0.39, 0.29) is 5.56 Å². The molecule has 0 aliphatic heterocycles. The first kappa shape index (κ1) is 11.2. The van der Waals surface area contributed by atoms with E-state index < -0.39 is 11.9 Å². The molecule has 1 aromatic carbocycles. The summed E-state index contributed by atoms with van der Waals surface area (Å²) in [6.07, 6.45) is 0. The molecule has 1 rings (SSSR count). The van der Waals surface area contributed by atoms with E-state index in [1.54, 1.807) is 6.92 Å². The Bertz CT molecular complexity index is 358. The van der Waals surface area contributed by atoms with Crippen molar-refractivity contribution in [1.29, 1.82) is 0 Å². The van der Waals surface area contributed by atoms with Gasteiger partial charge in [-0.05, 0) is 31.2 Å². The van der Waals surface area contributed by atoms with E-state index in [0.29, 0.717) is 12.2 Å². The van der Waals surface area contributed by atoms with Gasteiger partial charge in [-0.15, -0.1) is 0 Å². The monoisotopic (exact) mass is 209 g/mol. The van der Waals surface area contributed by atoms with Crippen molar-refractivity contribution < 1.29 is 19.5 Å². The maximum Gasteiger partial charge on any atom is 0.335 e. The lowest BCUT2D eigenvalue weighted by atomic mass is 10.1. The van der Waals surface area contributed by atoms with Crippen LogP contribution in [0.4, 0.5) is 0 Å². The number of amides is 1. The van der Waals surface area contributed by atoms with Crippen molar-refractivity contribution in [2.45, 2.75) is 6.92 Å². The maximum absolute atomic E-state index is 11.3. The molecule has 1 amide bonds. The molecule has 0 saturated heterocycles. The number of hydroxylamine groups is 1. The molecule has 0 aliphatic carbocycles. The van der Waals surface area contributed by atoms with Crippen molar-refractivity contribution in [2.24, 2.45) is 0 Å². The predicted molar refractivity (Wildman–Crippen MR) is 52.5 cm³/mol. The lowest BCUT2D eigenvalue weighted by Gasteiger charge is -2.03. The highest BCUT2D eigenvalue weighted by atomic mass is 16.6. The van der Waals surface area contributed by atoms with Crippen LogP contribution in [0.15, 0.2) is 24.3 Å². The van der Waals surface area contributed by atoms with Gasteiger partial charge in [0.2, 0.25) is 0 Å². The zero-order valence-corrected chi connectivity index (χ0v) is 8.19. The molecule has 0 heterocycles. The molecule has 5 heteroatoms. The Labute approximate surface area is 86.6 Å². The van der Waals surface area contributed by atoms with Crippen LogP contribution in [0.5, 0.6) is 0 Å². The molecule has 0 spiro atoms. The van der Waals surface area contributed by atoms with Crippen molar-refractivity contribution in [1.82, 2.24) is 5.48 Å². The van der Waals surface area contributed by atoms with Crippen LogP contribution in [0, 0.1) is 0 Å². The van der Waals surface area contributed by atoms with Crippen LogP contribution in [0.2, 0.25) is 0 Å². The van der Waals surface area contributed by atoms with Crippen LogP contribution in [0.25, 0.3) is 0 Å². The number of carboxylic acids is 1. The number of hydrogen-bond donors (Lipinski definition) is 2. The quantitative estimate of drug-likeness (QED) is 0.727. The molecule has 0 saturated carbocycles. The van der Waals surface area contributed by atoms with Crippen molar-refractivity contribution >= 4 is 11.9 Å². The average molecular weight is 209 g/mol. The van der Waals surface area contributed by atoms with Gasteiger partial charge in [0.15, 0.2) is 0 Å². The van der Waals surface area contributed by atoms with Crippen LogP contribution in [0.3, 0.4) is 0 Å². The Morgan fingerprint density at radius 1 is 1.27 bits per heavy atom. The Morgan fingerprint density at radius 3 is 2.27 bits per heavy atom. The minimum Gasteiger partial charge on any atom is -0.478 e. The maximum atomic E-state index is 11.3. The van der Waals surface area contributed by atoms with Gasteiger partial charge in [-0.1, -0.05) is 0 Å². The zero-order chi connectivity index (χ0) is 11.3. The van der Waals surface area contributed by atoms with Gasteiger partial charge in [0.25, 0.3) is 5.91 Å². The summed E-state index contributed by atoms with van der Waals surface area (Å²) in [7, 11) is 0. The second-order valence-corrected chi connectivity index (χ2v) is 2.75. The fourth-order valence-electron chi connectivity index (χ4n) is 0.961. The molecule has 15 heavy (non-hydrogen) atoms. The third-order valence-electron chi connectivity index (χ3n) is 1.70. The summed E-state index contributed by atoms with van der Waals surface area (Å²) in [5.74, 6) is -1.42. The first-order valence-electron chi connectivity index (χ1n) is 4.40. The van der Waals surface area contributed by atoms with E-state index in [4.69, 9.17) is 9.94 Å². The topological polar surface area (TPSA) is 75.6 Å². The lowest BCUT2D eigenvalue weighted by molar-refractivity contribution is 0.0364. The number of rotatable bonds is 4. The Morgan fingerprint density at radius 2 is 1.80 bits per heavy atom. The van der Waals surface area contributed by atoms with E-state index in [9.17, 15) is 9.59 Å². The molecule has 5 nitrogen and oxygen atoms in total. The van der Waals surface area contributed by atoms with E-state index in [2.05, 4.69) is 5.48 Å². The van der Waals surface area contributed by atoms with Gasteiger partial charge in [0.1, 0.15) is 0 Å². The minimum absolute atomic E-state index is 0.142. The number of aromatic carboxylic acids is 1. The number of carbonyl (C=O) groups excluding carboxylic acids is 1. The first-order chi connectivity index (χ1) is 7.15. The second kappa shape index (κ2) is 5.11. The molecule has 0 unspecified atom stereocenters. The van der Waals surface area contributed by atoms with Gasteiger partial charge in [-0.2, -0.15) is 0 Å². The molecule has 0 fully saturated rings. The standard InChI is InChI=1S/C10H11NO4/c1-2-15-11-9(12)7-3-5-8(6-4-7)10(13)14/h3-6H,2H2,1H3,(H,11,12)(H,13,14). The van der Waals surface area contributed by atoms with Crippen LogP contribution < -0.4 is 5.48 Å². The van der Waals surface area contributed by atoms with E-state index in [1.165, 1.54) is 24.3 Å². The summed E-state index contributed by atoms with van der Waals surface area (Å²) < 4.78 is 0. The van der Waals surface area contributed by atoms with Crippen molar-refractivity contribution in [3.8, 4) is 0 Å². The van der Waals surface area contributed by atoms with Crippen molar-refractivity contribution in [2.75, 3.05) is 6.61 Å². The summed E-state index contributed by atoms with van der Waals surface area (Å²) in [5.41, 5.74) is 2.71. The highest BCUT2D eigenvalue weighted by Gasteiger charge is 2.06. The fraction of sp³-hybridized carbons (Fsp3) is 0.200. The zero-order valence-electron chi connectivity index (χ0n) is 8.19. The Hall–Kier alpha value is -1.88. The summed E-state index contributed by atoms with van der Waals surface area (Å²) >= 11 is 0. The van der Waals surface area contributed by atoms with Crippen molar-refractivity contribution in [3.63, 3.8) is 0 Å². The smallest absolute Gasteiger partial charge is 0.335 e. The van der Waals surface area contributed by atoms with Gasteiger partial charge in [-0.25, -0.2) is 10.3 Å². The lowest BCUT2D eigenvalue weighted by Crippen LogP contribution is -2.23. The first-order valence-corrected chi connectivity index (χ1v) is 4.40. The highest BCUT2D eigenvalue weighted by molar-refractivity contribution is 5.95. The van der Waals surface area contributed by atoms with Gasteiger partial charge >= 0.3 is 5.97 Å². The van der Waals surface area contributed by atoms with E-state index >= 15 is 0 Å². The molecular weight excluding hydrogens is 198 g/mol. The fourth-order valence-corrected chi connectivity index (χ4v) is 0.961. The largest absolute Gasteiger partial charge is 0.478 e. The molecule has 0 aliphatic rings. The van der Waals surface area contributed by atoms with E-state index in [1.807, 2.05) is 0 Å². The summed E-state index contributed by atoms with van der Waals surface area (Å²) in [6.45, 7) is 2.12. The highest BCUT2D eigenvalue weighted by Crippen LogP contribution is 2.04. The second-order valence-electron chi connectivity index (χ2n) is 2.75. The number of carbonyl (C=O) groups is 2. The molecule has 0 bridgehead atoms. The number of carboxylic acid groups (broad SMARTS) is 1. The van der Waals surface area contributed by atoms with Gasteiger partial charge in [0, 0.05) is 5.56 Å². The van der Waals surface area contributed by atoms with Gasteiger partial charge in [0.05, 0.1) is 12.2 Å². The van der Waals surface area contributed by atoms with E-state index in [0.717, 1.165) is 0 Å². The van der Waals surface area contributed by atoms with Crippen LogP contribution >= 0.6 is 0 Å². The van der Waals surface area contributed by atoms with Gasteiger partial charge < -0.3 is 5.11 Å². The molecule has 80 valence electrons. The molecule has 0 aromatic heterocycles. The molecule has 2 N–H and O–H groups in total. The molecule has 1 aromatic rings. The summed E-state index contributed by atoms with van der Waals surface area (Å²) in [6, 6.07) is 5.59. The number of hydrogen-bond acceptors (Lipinski definition) is 3. The third-order valence-corrected chi connectivity index (χ3v) is 1.70. The van der Waals surface area contributed by atoms with Crippen LogP contribution in [-0.4, -0.2) is 23.6 Å². The normalized spacial score (nSPS) is 9.67. The van der Waals surface area contributed by atoms with Crippen molar-refractivity contribution in [3.05, 3.63) is 35.4 Å². The predicted octanol–water partition coefficient (Wildman–Crippen LogP) is 1.07. The number of benzene rings is 1. The third kappa shape index (κ3) is 3.07. The minimum atomic E-state index is -1.02. The summed E-state index contributed by atoms with van der Waals surface area (Å²) in [5, 5.41) is 8.63. The Balaban J connectivity index is 2.71. The van der Waals surface area contributed by atoms with Crippen LogP contribution in [-0.2, 0) is 4.84 Å². The molecule has 0 radical (unpaired) electrons.